The SMILES string of the molecule is CC(=O)N1CCC(C(=O)N2CCN(C(=O)OC(C)(C)C)CC2)(c2ccccc2)CC1. The highest BCUT2D eigenvalue weighted by atomic mass is 16.6. The zero-order valence-electron chi connectivity index (χ0n) is 18.5. The molecule has 30 heavy (non-hydrogen) atoms. The second-order valence-electron chi connectivity index (χ2n) is 9.21. The third-order valence-electron chi connectivity index (χ3n) is 6.02. The van der Waals surface area contributed by atoms with Gasteiger partial charge in [-0.15, -0.1) is 0 Å². The summed E-state index contributed by atoms with van der Waals surface area (Å²) < 4.78 is 5.46. The van der Waals surface area contributed by atoms with Crippen LogP contribution in [0.25, 0.3) is 0 Å². The van der Waals surface area contributed by atoms with Crippen molar-refractivity contribution < 1.29 is 19.1 Å². The Labute approximate surface area is 179 Å². The summed E-state index contributed by atoms with van der Waals surface area (Å²) in [4.78, 5) is 43.2. The highest BCUT2D eigenvalue weighted by Gasteiger charge is 2.46. The van der Waals surface area contributed by atoms with Gasteiger partial charge >= 0.3 is 6.09 Å². The molecule has 1 aromatic rings. The molecular formula is C23H33N3O4. The van der Waals surface area contributed by atoms with Crippen LogP contribution >= 0.6 is 0 Å². The number of hydrogen-bond acceptors (Lipinski definition) is 4. The fourth-order valence-corrected chi connectivity index (χ4v) is 4.31. The first kappa shape index (κ1) is 22.1. The van der Waals surface area contributed by atoms with E-state index in [2.05, 4.69) is 0 Å². The van der Waals surface area contributed by atoms with Crippen molar-refractivity contribution in [3.05, 3.63) is 35.9 Å². The predicted molar refractivity (Wildman–Crippen MR) is 114 cm³/mol. The maximum absolute atomic E-state index is 13.7. The number of carbonyl (C=O) groups is 3. The molecule has 2 fully saturated rings. The van der Waals surface area contributed by atoms with Crippen molar-refractivity contribution in [2.75, 3.05) is 39.3 Å². The fourth-order valence-electron chi connectivity index (χ4n) is 4.31. The zero-order valence-corrected chi connectivity index (χ0v) is 18.5. The van der Waals surface area contributed by atoms with E-state index < -0.39 is 11.0 Å². The third-order valence-corrected chi connectivity index (χ3v) is 6.02. The molecule has 0 bridgehead atoms. The number of likely N-dealkylation sites (tertiary alicyclic amines) is 1. The number of amides is 3. The lowest BCUT2D eigenvalue weighted by molar-refractivity contribution is -0.143. The third kappa shape index (κ3) is 4.77. The van der Waals surface area contributed by atoms with Crippen LogP contribution in [0, 0.1) is 0 Å². The summed E-state index contributed by atoms with van der Waals surface area (Å²) in [5.41, 5.74) is -0.152. The number of nitrogens with zero attached hydrogens (tertiary/aromatic N) is 3. The smallest absolute Gasteiger partial charge is 0.410 e. The molecule has 1 aromatic carbocycles. The molecule has 0 aliphatic carbocycles. The molecular weight excluding hydrogens is 382 g/mol. The number of rotatable bonds is 2. The average molecular weight is 416 g/mol. The van der Waals surface area contributed by atoms with Crippen molar-refractivity contribution in [2.24, 2.45) is 0 Å². The largest absolute Gasteiger partial charge is 0.444 e. The van der Waals surface area contributed by atoms with Crippen LogP contribution in [-0.4, -0.2) is 77.5 Å². The molecule has 164 valence electrons. The van der Waals surface area contributed by atoms with E-state index >= 15 is 0 Å². The summed E-state index contributed by atoms with van der Waals surface area (Å²) in [6, 6.07) is 9.90. The van der Waals surface area contributed by atoms with Crippen LogP contribution in [0.1, 0.15) is 46.1 Å². The van der Waals surface area contributed by atoms with Crippen molar-refractivity contribution in [2.45, 2.75) is 51.6 Å². The molecule has 3 rings (SSSR count). The Bertz CT molecular complexity index is 771. The number of piperazine rings is 1. The van der Waals surface area contributed by atoms with Crippen LogP contribution in [0.4, 0.5) is 4.79 Å². The zero-order chi connectivity index (χ0) is 21.9. The summed E-state index contributed by atoms with van der Waals surface area (Å²) in [6.07, 6.45) is 0.894. The Kier molecular flexibility index (Phi) is 6.38. The first-order chi connectivity index (χ1) is 14.1. The van der Waals surface area contributed by atoms with E-state index in [1.165, 1.54) is 0 Å². The normalized spacial score (nSPS) is 19.4. The van der Waals surface area contributed by atoms with Crippen molar-refractivity contribution in [1.82, 2.24) is 14.7 Å². The van der Waals surface area contributed by atoms with E-state index in [9.17, 15) is 14.4 Å². The Morgan fingerprint density at radius 3 is 1.87 bits per heavy atom. The minimum atomic E-state index is -0.624. The van der Waals surface area contributed by atoms with Crippen LogP contribution in [0.2, 0.25) is 0 Å². The second-order valence-corrected chi connectivity index (χ2v) is 9.21. The lowest BCUT2D eigenvalue weighted by Gasteiger charge is -2.45. The van der Waals surface area contributed by atoms with E-state index in [1.54, 1.807) is 11.8 Å². The van der Waals surface area contributed by atoms with E-state index in [4.69, 9.17) is 4.74 Å². The predicted octanol–water partition coefficient (Wildman–Crippen LogP) is 2.65. The Morgan fingerprint density at radius 2 is 1.37 bits per heavy atom. The van der Waals surface area contributed by atoms with Gasteiger partial charge in [0.05, 0.1) is 5.41 Å². The van der Waals surface area contributed by atoms with Crippen LogP contribution in [0.5, 0.6) is 0 Å². The number of benzene rings is 1. The minimum absolute atomic E-state index is 0.0510. The molecule has 0 spiro atoms. The van der Waals surface area contributed by atoms with Crippen LogP contribution in [-0.2, 0) is 19.7 Å². The van der Waals surface area contributed by atoms with E-state index in [0.717, 1.165) is 5.56 Å². The Balaban J connectivity index is 1.72. The molecule has 0 atom stereocenters. The summed E-state index contributed by atoms with van der Waals surface area (Å²) in [6.45, 7) is 10.2. The maximum atomic E-state index is 13.7. The lowest BCUT2D eigenvalue weighted by atomic mass is 9.71. The monoisotopic (exact) mass is 415 g/mol. The molecule has 0 saturated carbocycles. The van der Waals surface area contributed by atoms with E-state index in [0.29, 0.717) is 52.1 Å². The van der Waals surface area contributed by atoms with Gasteiger partial charge in [-0.1, -0.05) is 30.3 Å². The number of piperidine rings is 1. The van der Waals surface area contributed by atoms with Crippen molar-refractivity contribution in [3.63, 3.8) is 0 Å². The van der Waals surface area contributed by atoms with Crippen LogP contribution in [0.15, 0.2) is 30.3 Å². The molecule has 2 aliphatic heterocycles. The van der Waals surface area contributed by atoms with Crippen molar-refractivity contribution >= 4 is 17.9 Å². The summed E-state index contributed by atoms with van der Waals surface area (Å²) in [7, 11) is 0. The molecule has 0 aromatic heterocycles. The van der Waals surface area contributed by atoms with Gasteiger partial charge in [-0.2, -0.15) is 0 Å². The van der Waals surface area contributed by atoms with Gasteiger partial charge in [-0.3, -0.25) is 9.59 Å². The summed E-state index contributed by atoms with van der Waals surface area (Å²) in [5.74, 6) is 0.149. The van der Waals surface area contributed by atoms with Gasteiger partial charge in [0.25, 0.3) is 0 Å². The molecule has 2 saturated heterocycles. The van der Waals surface area contributed by atoms with Gasteiger partial charge in [0.15, 0.2) is 0 Å². The van der Waals surface area contributed by atoms with E-state index in [1.807, 2.05) is 60.9 Å². The lowest BCUT2D eigenvalue weighted by Crippen LogP contribution is -2.58. The molecule has 7 nitrogen and oxygen atoms in total. The second kappa shape index (κ2) is 8.66. The van der Waals surface area contributed by atoms with Gasteiger partial charge in [0.2, 0.25) is 11.8 Å². The fraction of sp³-hybridized carbons (Fsp3) is 0.609. The molecule has 3 amide bonds. The van der Waals surface area contributed by atoms with Gasteiger partial charge in [-0.05, 0) is 39.2 Å². The van der Waals surface area contributed by atoms with Crippen molar-refractivity contribution in [1.29, 1.82) is 0 Å². The Morgan fingerprint density at radius 1 is 0.833 bits per heavy atom. The maximum Gasteiger partial charge on any atom is 0.410 e. The first-order valence-electron chi connectivity index (χ1n) is 10.7. The van der Waals surface area contributed by atoms with Gasteiger partial charge in [0, 0.05) is 46.2 Å². The number of hydrogen-bond donors (Lipinski definition) is 0. The van der Waals surface area contributed by atoms with Gasteiger partial charge in [0.1, 0.15) is 5.60 Å². The van der Waals surface area contributed by atoms with Crippen LogP contribution < -0.4 is 0 Å². The number of ether oxygens (including phenoxy) is 1. The highest BCUT2D eigenvalue weighted by molar-refractivity contribution is 5.89. The molecule has 2 heterocycles. The Hall–Kier alpha value is -2.57. The summed E-state index contributed by atoms with van der Waals surface area (Å²) in [5, 5.41) is 0. The van der Waals surface area contributed by atoms with Gasteiger partial charge in [-0.25, -0.2) is 4.79 Å². The van der Waals surface area contributed by atoms with Crippen molar-refractivity contribution in [3.8, 4) is 0 Å². The van der Waals surface area contributed by atoms with E-state index in [-0.39, 0.29) is 17.9 Å². The summed E-state index contributed by atoms with van der Waals surface area (Å²) >= 11 is 0. The highest BCUT2D eigenvalue weighted by Crippen LogP contribution is 2.38. The van der Waals surface area contributed by atoms with Gasteiger partial charge < -0.3 is 19.4 Å². The topological polar surface area (TPSA) is 70.2 Å². The molecule has 2 aliphatic rings. The van der Waals surface area contributed by atoms with Crippen LogP contribution in [0.3, 0.4) is 0 Å². The minimum Gasteiger partial charge on any atom is -0.444 e. The standard InChI is InChI=1S/C23H33N3O4/c1-18(27)24-12-10-23(11-13-24,19-8-6-5-7-9-19)20(28)25-14-16-26(17-15-25)21(29)30-22(2,3)4/h5-9H,10-17H2,1-4H3. The quantitative estimate of drug-likeness (QED) is 0.745. The molecule has 7 heteroatoms. The number of carbonyl (C=O) groups excluding carboxylic acids is 3. The average Bonchev–Trinajstić information content (AvgIpc) is 2.72. The first-order valence-corrected chi connectivity index (χ1v) is 10.7. The molecule has 0 N–H and O–H groups in total. The molecule has 0 unspecified atom stereocenters. The molecule has 0 radical (unpaired) electrons.